The van der Waals surface area contributed by atoms with Crippen molar-refractivity contribution in [2.45, 2.75) is 25.8 Å². The van der Waals surface area contributed by atoms with Crippen LogP contribution in [0, 0.1) is 6.92 Å². The van der Waals surface area contributed by atoms with E-state index < -0.39 is 0 Å². The normalized spacial score (nSPS) is 16.6. The van der Waals surface area contributed by atoms with Crippen LogP contribution in [0.5, 0.6) is 0 Å². The van der Waals surface area contributed by atoms with E-state index in [0.29, 0.717) is 5.56 Å². The highest BCUT2D eigenvalue weighted by molar-refractivity contribution is 9.10. The fourth-order valence-corrected chi connectivity index (χ4v) is 3.26. The summed E-state index contributed by atoms with van der Waals surface area (Å²) in [5.74, 6) is -0.0414. The molecule has 21 heavy (non-hydrogen) atoms. The molecule has 0 aliphatic heterocycles. The van der Waals surface area contributed by atoms with Gasteiger partial charge in [0, 0.05) is 10.2 Å². The Hall–Kier alpha value is -1.81. The lowest BCUT2D eigenvalue weighted by Gasteiger charge is -2.15. The van der Waals surface area contributed by atoms with Gasteiger partial charge in [-0.3, -0.25) is 4.79 Å². The van der Waals surface area contributed by atoms with Crippen LogP contribution in [0.15, 0.2) is 40.9 Å². The largest absolute Gasteiger partial charge is 0.399 e. The summed E-state index contributed by atoms with van der Waals surface area (Å²) in [6.07, 6.45) is 1.88. The van der Waals surface area contributed by atoms with Crippen molar-refractivity contribution in [2.24, 2.45) is 0 Å². The molecule has 0 heterocycles. The molecule has 3 N–H and O–H groups in total. The first-order chi connectivity index (χ1) is 10.0. The van der Waals surface area contributed by atoms with Crippen molar-refractivity contribution in [3.8, 4) is 0 Å². The maximum atomic E-state index is 12.5. The molecule has 108 valence electrons. The maximum Gasteiger partial charge on any atom is 0.252 e. The van der Waals surface area contributed by atoms with Crippen molar-refractivity contribution >= 4 is 27.5 Å². The predicted octanol–water partition coefficient (Wildman–Crippen LogP) is 3.76. The highest BCUT2D eigenvalue weighted by atomic mass is 79.9. The second-order valence-electron chi connectivity index (χ2n) is 5.51. The number of nitrogen functional groups attached to an aromatic ring is 1. The van der Waals surface area contributed by atoms with Crippen molar-refractivity contribution in [1.29, 1.82) is 0 Å². The molecule has 1 atom stereocenters. The van der Waals surface area contributed by atoms with Gasteiger partial charge >= 0.3 is 0 Å². The third kappa shape index (κ3) is 2.81. The number of fused-ring (bicyclic) bond motifs is 1. The van der Waals surface area contributed by atoms with Crippen LogP contribution in [0.3, 0.4) is 0 Å². The Labute approximate surface area is 132 Å². The summed E-state index contributed by atoms with van der Waals surface area (Å²) in [4.78, 5) is 12.5. The topological polar surface area (TPSA) is 55.1 Å². The van der Waals surface area contributed by atoms with Gasteiger partial charge in [0.1, 0.15) is 0 Å². The van der Waals surface area contributed by atoms with Crippen molar-refractivity contribution in [1.82, 2.24) is 5.32 Å². The second kappa shape index (κ2) is 5.53. The Morgan fingerprint density at radius 1 is 1.29 bits per heavy atom. The summed E-state index contributed by atoms with van der Waals surface area (Å²) in [6, 6.07) is 11.8. The molecule has 3 rings (SSSR count). The Morgan fingerprint density at radius 3 is 2.90 bits per heavy atom. The molecule has 0 saturated heterocycles. The fraction of sp³-hybridized carbons (Fsp3) is 0.235. The zero-order valence-corrected chi connectivity index (χ0v) is 13.4. The number of hydrogen-bond acceptors (Lipinski definition) is 2. The fourth-order valence-electron chi connectivity index (χ4n) is 2.84. The lowest BCUT2D eigenvalue weighted by molar-refractivity contribution is 0.0936. The van der Waals surface area contributed by atoms with E-state index in [9.17, 15) is 4.79 Å². The van der Waals surface area contributed by atoms with Crippen molar-refractivity contribution in [2.75, 3.05) is 5.73 Å². The number of amides is 1. The average Bonchev–Trinajstić information content (AvgIpc) is 2.83. The molecule has 2 aromatic rings. The number of benzene rings is 2. The van der Waals surface area contributed by atoms with Gasteiger partial charge in [-0.15, -0.1) is 0 Å². The second-order valence-corrected chi connectivity index (χ2v) is 6.36. The van der Waals surface area contributed by atoms with E-state index in [1.165, 1.54) is 11.1 Å². The highest BCUT2D eigenvalue weighted by Crippen LogP contribution is 2.32. The molecule has 0 aromatic heterocycles. The van der Waals surface area contributed by atoms with Crippen LogP contribution in [-0.4, -0.2) is 5.91 Å². The molecule has 0 saturated carbocycles. The number of nitrogens with one attached hydrogen (secondary N) is 1. The van der Waals surface area contributed by atoms with Crippen LogP contribution < -0.4 is 11.1 Å². The van der Waals surface area contributed by atoms with E-state index in [-0.39, 0.29) is 11.9 Å². The molecule has 4 heteroatoms. The Morgan fingerprint density at radius 2 is 2.10 bits per heavy atom. The number of nitrogens with two attached hydrogens (primary N) is 1. The van der Waals surface area contributed by atoms with Gasteiger partial charge in [0.05, 0.1) is 11.6 Å². The molecule has 0 spiro atoms. The van der Waals surface area contributed by atoms with Gasteiger partial charge in [0.15, 0.2) is 0 Å². The van der Waals surface area contributed by atoms with Crippen LogP contribution in [0.2, 0.25) is 0 Å². The average molecular weight is 345 g/mol. The molecule has 1 unspecified atom stereocenters. The smallest absolute Gasteiger partial charge is 0.252 e. The van der Waals surface area contributed by atoms with E-state index in [2.05, 4.69) is 21.2 Å². The minimum absolute atomic E-state index is 0.0414. The lowest BCUT2D eigenvalue weighted by Crippen LogP contribution is -2.27. The summed E-state index contributed by atoms with van der Waals surface area (Å²) in [5.41, 5.74) is 10.8. The van der Waals surface area contributed by atoms with Gasteiger partial charge in [0.25, 0.3) is 5.91 Å². The monoisotopic (exact) mass is 344 g/mol. The van der Waals surface area contributed by atoms with Crippen LogP contribution in [0.1, 0.15) is 39.5 Å². The first-order valence-corrected chi connectivity index (χ1v) is 7.79. The molecular weight excluding hydrogens is 328 g/mol. The van der Waals surface area contributed by atoms with Crippen LogP contribution in [-0.2, 0) is 6.42 Å². The third-order valence-corrected chi connectivity index (χ3v) is 4.61. The number of anilines is 1. The van der Waals surface area contributed by atoms with E-state index in [1.54, 1.807) is 0 Å². The predicted molar refractivity (Wildman–Crippen MR) is 88.3 cm³/mol. The van der Waals surface area contributed by atoms with Gasteiger partial charge in [-0.05, 0) is 71.1 Å². The zero-order chi connectivity index (χ0) is 15.0. The van der Waals surface area contributed by atoms with Gasteiger partial charge in [-0.2, -0.15) is 0 Å². The van der Waals surface area contributed by atoms with E-state index >= 15 is 0 Å². The van der Waals surface area contributed by atoms with Crippen LogP contribution in [0.25, 0.3) is 0 Å². The first-order valence-electron chi connectivity index (χ1n) is 7.00. The van der Waals surface area contributed by atoms with Gasteiger partial charge in [-0.1, -0.05) is 17.7 Å². The quantitative estimate of drug-likeness (QED) is 0.815. The van der Waals surface area contributed by atoms with Crippen molar-refractivity contribution in [3.05, 3.63) is 63.1 Å². The minimum Gasteiger partial charge on any atom is -0.399 e. The molecule has 0 radical (unpaired) electrons. The van der Waals surface area contributed by atoms with E-state index in [4.69, 9.17) is 5.73 Å². The molecule has 1 aliphatic carbocycles. The summed E-state index contributed by atoms with van der Waals surface area (Å²) in [5, 5.41) is 3.13. The number of aryl methyl sites for hydroxylation is 2. The summed E-state index contributed by atoms with van der Waals surface area (Å²) >= 11 is 3.44. The highest BCUT2D eigenvalue weighted by Gasteiger charge is 2.24. The summed E-state index contributed by atoms with van der Waals surface area (Å²) < 4.78 is 0.820. The van der Waals surface area contributed by atoms with Gasteiger partial charge in [0.2, 0.25) is 0 Å². The minimum atomic E-state index is -0.0414. The number of halogens is 1. The van der Waals surface area contributed by atoms with Gasteiger partial charge in [-0.25, -0.2) is 0 Å². The lowest BCUT2D eigenvalue weighted by atomic mass is 10.1. The SMILES string of the molecule is Cc1ccc(Br)c(C(=O)NC2CCc3cc(N)ccc32)c1. The van der Waals surface area contributed by atoms with Crippen LogP contribution >= 0.6 is 15.9 Å². The number of hydrogen-bond donors (Lipinski definition) is 2. The Balaban J connectivity index is 1.82. The van der Waals surface area contributed by atoms with Crippen molar-refractivity contribution in [3.63, 3.8) is 0 Å². The number of rotatable bonds is 2. The standard InChI is InChI=1S/C17H17BrN2O/c1-10-2-6-15(18)14(8-10)17(21)20-16-7-3-11-9-12(19)4-5-13(11)16/h2,4-6,8-9,16H,3,7,19H2,1H3,(H,20,21). The molecular formula is C17H17BrN2O. The molecule has 1 amide bonds. The zero-order valence-electron chi connectivity index (χ0n) is 11.8. The summed E-state index contributed by atoms with van der Waals surface area (Å²) in [7, 11) is 0. The van der Waals surface area contributed by atoms with Crippen LogP contribution in [0.4, 0.5) is 5.69 Å². The van der Waals surface area contributed by atoms with Gasteiger partial charge < -0.3 is 11.1 Å². The molecule has 1 aliphatic rings. The van der Waals surface area contributed by atoms with E-state index in [0.717, 1.165) is 28.6 Å². The molecule has 3 nitrogen and oxygen atoms in total. The third-order valence-electron chi connectivity index (χ3n) is 3.92. The number of carbonyl (C=O) groups is 1. The summed E-state index contributed by atoms with van der Waals surface area (Å²) in [6.45, 7) is 1.98. The molecule has 2 aromatic carbocycles. The molecule has 0 fully saturated rings. The van der Waals surface area contributed by atoms with E-state index in [1.807, 2.05) is 43.3 Å². The van der Waals surface area contributed by atoms with Crippen molar-refractivity contribution < 1.29 is 4.79 Å². The Kier molecular flexibility index (Phi) is 3.72. The molecule has 0 bridgehead atoms. The Bertz CT molecular complexity index is 712. The number of carbonyl (C=O) groups excluding carboxylic acids is 1. The first kappa shape index (κ1) is 14.1. The maximum absolute atomic E-state index is 12.5.